The molecule has 0 aromatic carbocycles. The normalized spacial score (nSPS) is 13.8. The Morgan fingerprint density at radius 3 is 2.16 bits per heavy atom. The van der Waals surface area contributed by atoms with Crippen molar-refractivity contribution in [2.45, 2.75) is 59.0 Å². The predicted molar refractivity (Wildman–Crippen MR) is 118 cm³/mol. The smallest absolute Gasteiger partial charge is 0.303 e. The lowest BCUT2D eigenvalue weighted by molar-refractivity contribution is -0.139. The Bertz CT molecular complexity index is 640. The van der Waals surface area contributed by atoms with E-state index in [1.807, 2.05) is 13.8 Å². The van der Waals surface area contributed by atoms with Gasteiger partial charge >= 0.3 is 5.97 Å². The van der Waals surface area contributed by atoms with E-state index >= 15 is 0 Å². The van der Waals surface area contributed by atoms with Gasteiger partial charge in [0.05, 0.1) is 25.4 Å². The zero-order valence-electron chi connectivity index (χ0n) is 19.8. The number of nitrogens with one attached hydrogen (secondary N) is 1. The average molecular weight is 459 g/mol. The highest BCUT2D eigenvalue weighted by Crippen LogP contribution is 2.33. The van der Waals surface area contributed by atoms with Crippen molar-refractivity contribution in [3.8, 4) is 0 Å². The predicted octanol–water partition coefficient (Wildman–Crippen LogP) is 1.12. The Hall–Kier alpha value is -2.30. The highest BCUT2D eigenvalue weighted by atomic mass is 16.5. The third-order valence-corrected chi connectivity index (χ3v) is 4.74. The number of carboxylic acid groups (broad SMARTS) is 1. The number of aliphatic hydroxyl groups is 1. The summed E-state index contributed by atoms with van der Waals surface area (Å²) in [7, 11) is 1.69. The van der Waals surface area contributed by atoms with Crippen LogP contribution >= 0.6 is 0 Å². The van der Waals surface area contributed by atoms with Crippen LogP contribution in [0, 0.1) is 5.41 Å². The molecule has 184 valence electrons. The largest absolute Gasteiger partial charge is 0.481 e. The number of hydrogen-bond acceptors (Lipinski definition) is 7. The van der Waals surface area contributed by atoms with Crippen LogP contribution in [0.4, 0.5) is 0 Å². The second kappa shape index (κ2) is 14.7. The number of carbonyl (C=O) groups excluding carboxylic acids is 3. The topological polar surface area (TPSA) is 142 Å². The molecule has 0 radical (unpaired) electrons. The molecule has 1 rings (SSSR count). The van der Waals surface area contributed by atoms with Crippen LogP contribution in [0.1, 0.15) is 53.4 Å². The summed E-state index contributed by atoms with van der Waals surface area (Å²) in [5.41, 5.74) is -0.167. The third kappa shape index (κ3) is 13.9. The van der Waals surface area contributed by atoms with Crippen molar-refractivity contribution in [3.63, 3.8) is 0 Å². The first-order valence-corrected chi connectivity index (χ1v) is 10.6. The molecule has 1 aliphatic rings. The van der Waals surface area contributed by atoms with E-state index < -0.39 is 5.97 Å². The summed E-state index contributed by atoms with van der Waals surface area (Å²) in [5, 5.41) is 19.6. The molecule has 3 amide bonds. The summed E-state index contributed by atoms with van der Waals surface area (Å²) in [6, 6.07) is 0. The lowest BCUT2D eigenvalue weighted by atomic mass is 9.78. The van der Waals surface area contributed by atoms with Gasteiger partial charge in [0.25, 0.3) is 11.8 Å². The van der Waals surface area contributed by atoms with Gasteiger partial charge in [-0.3, -0.25) is 24.1 Å². The molecule has 0 saturated carbocycles. The van der Waals surface area contributed by atoms with Gasteiger partial charge in [-0.2, -0.15) is 0 Å². The number of rotatable bonds is 14. The van der Waals surface area contributed by atoms with Crippen molar-refractivity contribution in [3.05, 3.63) is 12.2 Å². The summed E-state index contributed by atoms with van der Waals surface area (Å²) in [6.07, 6.45) is 4.22. The molecular weight excluding hydrogens is 420 g/mol. The molecule has 0 aromatic rings. The molecule has 0 atom stereocenters. The molecule has 10 heteroatoms. The quantitative estimate of drug-likeness (QED) is 0.260. The van der Waals surface area contributed by atoms with Gasteiger partial charge in [-0.15, -0.1) is 0 Å². The van der Waals surface area contributed by atoms with Gasteiger partial charge < -0.3 is 25.0 Å². The first-order chi connectivity index (χ1) is 14.8. The fraction of sp³-hybridized carbons (Fsp3) is 0.727. The van der Waals surface area contributed by atoms with Crippen LogP contribution in [-0.4, -0.2) is 84.4 Å². The van der Waals surface area contributed by atoms with E-state index in [4.69, 9.17) is 19.7 Å². The summed E-state index contributed by atoms with van der Waals surface area (Å²) in [6.45, 7) is 9.11. The summed E-state index contributed by atoms with van der Waals surface area (Å²) in [4.78, 5) is 45.2. The monoisotopic (exact) mass is 458 g/mol. The number of nitrogens with zero attached hydrogens (tertiary/aromatic N) is 1. The van der Waals surface area contributed by atoms with Crippen LogP contribution in [0.15, 0.2) is 12.2 Å². The third-order valence-electron chi connectivity index (χ3n) is 4.74. The first kappa shape index (κ1) is 29.7. The number of hydrogen-bond donors (Lipinski definition) is 3. The minimum atomic E-state index is -0.728. The van der Waals surface area contributed by atoms with E-state index in [0.29, 0.717) is 19.6 Å². The number of aliphatic carboxylic acids is 1. The number of carboxylic acids is 1. The van der Waals surface area contributed by atoms with Gasteiger partial charge in [0.15, 0.2) is 0 Å². The molecule has 1 aliphatic heterocycles. The van der Waals surface area contributed by atoms with Gasteiger partial charge in [0, 0.05) is 45.2 Å². The Morgan fingerprint density at radius 1 is 1.06 bits per heavy atom. The molecule has 0 unspecified atom stereocenters. The second-order valence-corrected chi connectivity index (χ2v) is 8.80. The molecule has 0 spiro atoms. The van der Waals surface area contributed by atoms with Crippen LogP contribution in [0.2, 0.25) is 0 Å². The molecule has 0 saturated heterocycles. The van der Waals surface area contributed by atoms with Crippen molar-refractivity contribution < 1.29 is 38.9 Å². The van der Waals surface area contributed by atoms with Crippen molar-refractivity contribution in [1.82, 2.24) is 10.2 Å². The Labute approximate surface area is 189 Å². The van der Waals surface area contributed by atoms with Crippen molar-refractivity contribution in [2.24, 2.45) is 5.41 Å². The maximum Gasteiger partial charge on any atom is 0.303 e. The van der Waals surface area contributed by atoms with E-state index in [0.717, 1.165) is 11.3 Å². The summed E-state index contributed by atoms with van der Waals surface area (Å²) >= 11 is 0. The highest BCUT2D eigenvalue weighted by molar-refractivity contribution is 6.13. The molecule has 3 N–H and O–H groups in total. The Balaban J connectivity index is 0.000000622. The average Bonchev–Trinajstić information content (AvgIpc) is 3.02. The summed E-state index contributed by atoms with van der Waals surface area (Å²) in [5.74, 6) is -1.76. The molecule has 0 bridgehead atoms. The van der Waals surface area contributed by atoms with Crippen molar-refractivity contribution in [2.75, 3.05) is 40.0 Å². The number of carbonyl (C=O) groups is 4. The van der Waals surface area contributed by atoms with Crippen LogP contribution in [0.3, 0.4) is 0 Å². The lowest BCUT2D eigenvalue weighted by Crippen LogP contribution is -2.35. The maximum atomic E-state index is 11.4. The fourth-order valence-electron chi connectivity index (χ4n) is 3.14. The zero-order valence-corrected chi connectivity index (χ0v) is 19.8. The van der Waals surface area contributed by atoms with Crippen LogP contribution in [0.5, 0.6) is 0 Å². The van der Waals surface area contributed by atoms with Crippen LogP contribution in [0.25, 0.3) is 0 Å². The molecule has 0 aliphatic carbocycles. The molecule has 0 aromatic heterocycles. The van der Waals surface area contributed by atoms with Crippen molar-refractivity contribution >= 4 is 23.7 Å². The van der Waals surface area contributed by atoms with Gasteiger partial charge in [-0.1, -0.05) is 13.8 Å². The molecule has 10 nitrogen and oxygen atoms in total. The van der Waals surface area contributed by atoms with Gasteiger partial charge in [0.2, 0.25) is 5.91 Å². The van der Waals surface area contributed by atoms with Gasteiger partial charge in [-0.25, -0.2) is 0 Å². The van der Waals surface area contributed by atoms with E-state index in [1.54, 1.807) is 7.11 Å². The Kier molecular flexibility index (Phi) is 13.6. The summed E-state index contributed by atoms with van der Waals surface area (Å²) < 4.78 is 10.3. The van der Waals surface area contributed by atoms with Gasteiger partial charge in [-0.05, 0) is 32.1 Å². The molecule has 0 fully saturated rings. The van der Waals surface area contributed by atoms with E-state index in [-0.39, 0.29) is 61.3 Å². The second-order valence-electron chi connectivity index (χ2n) is 8.80. The minimum absolute atomic E-state index is 0.0118. The van der Waals surface area contributed by atoms with Gasteiger partial charge in [0.1, 0.15) is 0 Å². The number of imide groups is 1. The highest BCUT2D eigenvalue weighted by Gasteiger charge is 2.29. The number of aliphatic hydroxyl groups excluding tert-OH is 1. The molecule has 1 heterocycles. The molecule has 32 heavy (non-hydrogen) atoms. The number of ether oxygens (including phenoxy) is 2. The molecular formula is C22H38N2O8. The van der Waals surface area contributed by atoms with Crippen molar-refractivity contribution in [1.29, 1.82) is 0 Å². The zero-order chi connectivity index (χ0) is 24.8. The maximum absolute atomic E-state index is 11.4. The lowest BCUT2D eigenvalue weighted by Gasteiger charge is -2.33. The standard InChI is InChI=1S/C11H16N2O5.C11H22O3/c14-6-8-18-7-4-12-9(15)3-5-13-10(16)1-2-11(13)17;1-10(2,7-6-9(12)13)8-11(3,4)14-5/h1-2,14H,3-8H2,(H,12,15);6-8H2,1-5H3,(H,12,13). The number of amides is 3. The van der Waals surface area contributed by atoms with Crippen LogP contribution < -0.4 is 5.32 Å². The van der Waals surface area contributed by atoms with E-state index in [1.165, 1.54) is 12.2 Å². The fourth-order valence-corrected chi connectivity index (χ4v) is 3.14. The Morgan fingerprint density at radius 2 is 1.66 bits per heavy atom. The number of methoxy groups -OCH3 is 1. The van der Waals surface area contributed by atoms with Crippen LogP contribution in [-0.2, 0) is 28.7 Å². The van der Waals surface area contributed by atoms with E-state index in [2.05, 4.69) is 19.2 Å². The SMILES string of the molecule is COC(C)(C)CC(C)(C)CCC(=O)O.O=C(CCN1C(=O)C=CC1=O)NCCOCCO. The van der Waals surface area contributed by atoms with E-state index in [9.17, 15) is 19.2 Å². The first-order valence-electron chi connectivity index (χ1n) is 10.6. The minimum Gasteiger partial charge on any atom is -0.481 e.